The SMILES string of the molecule is O=C(CCc1ccco1)Nc1cccc(Cl)c1. The molecule has 0 atom stereocenters. The minimum absolute atomic E-state index is 0.0522. The highest BCUT2D eigenvalue weighted by Gasteiger charge is 2.04. The molecule has 88 valence electrons. The van der Waals surface area contributed by atoms with Gasteiger partial charge in [0.05, 0.1) is 6.26 Å². The van der Waals surface area contributed by atoms with E-state index in [-0.39, 0.29) is 5.91 Å². The van der Waals surface area contributed by atoms with Crippen molar-refractivity contribution in [3.8, 4) is 0 Å². The van der Waals surface area contributed by atoms with Crippen LogP contribution < -0.4 is 5.32 Å². The molecule has 2 rings (SSSR count). The van der Waals surface area contributed by atoms with Gasteiger partial charge in [0, 0.05) is 23.6 Å². The second kappa shape index (κ2) is 5.55. The third-order valence-corrected chi connectivity index (χ3v) is 2.52. The van der Waals surface area contributed by atoms with Gasteiger partial charge in [0.2, 0.25) is 5.91 Å². The normalized spacial score (nSPS) is 10.2. The van der Waals surface area contributed by atoms with Crippen molar-refractivity contribution in [3.63, 3.8) is 0 Å². The van der Waals surface area contributed by atoms with Gasteiger partial charge in [-0.05, 0) is 30.3 Å². The van der Waals surface area contributed by atoms with Crippen LogP contribution in [0.2, 0.25) is 5.02 Å². The van der Waals surface area contributed by atoms with Crippen LogP contribution in [-0.4, -0.2) is 5.91 Å². The van der Waals surface area contributed by atoms with Gasteiger partial charge in [0.15, 0.2) is 0 Å². The molecule has 0 saturated carbocycles. The standard InChI is InChI=1S/C13H12ClNO2/c14-10-3-1-4-11(9-10)15-13(16)7-6-12-5-2-8-17-12/h1-5,8-9H,6-7H2,(H,15,16). The van der Waals surface area contributed by atoms with Crippen molar-refractivity contribution in [2.24, 2.45) is 0 Å². The highest BCUT2D eigenvalue weighted by Crippen LogP contribution is 2.15. The third-order valence-electron chi connectivity index (χ3n) is 2.29. The fourth-order valence-electron chi connectivity index (χ4n) is 1.48. The van der Waals surface area contributed by atoms with Gasteiger partial charge in [0.1, 0.15) is 5.76 Å². The van der Waals surface area contributed by atoms with E-state index in [1.54, 1.807) is 30.5 Å². The Kier molecular flexibility index (Phi) is 3.83. The van der Waals surface area contributed by atoms with E-state index in [1.165, 1.54) is 0 Å². The Balaban J connectivity index is 1.85. The summed E-state index contributed by atoms with van der Waals surface area (Å²) in [6, 6.07) is 10.7. The van der Waals surface area contributed by atoms with Gasteiger partial charge in [-0.1, -0.05) is 17.7 Å². The van der Waals surface area contributed by atoms with Gasteiger partial charge >= 0.3 is 0 Å². The van der Waals surface area contributed by atoms with Gasteiger partial charge in [-0.15, -0.1) is 0 Å². The molecule has 1 aromatic carbocycles. The fourth-order valence-corrected chi connectivity index (χ4v) is 1.67. The summed E-state index contributed by atoms with van der Waals surface area (Å²) in [7, 11) is 0. The van der Waals surface area contributed by atoms with E-state index in [9.17, 15) is 4.79 Å². The number of carbonyl (C=O) groups excluding carboxylic acids is 1. The molecular weight excluding hydrogens is 238 g/mol. The smallest absolute Gasteiger partial charge is 0.224 e. The van der Waals surface area contributed by atoms with Crippen molar-refractivity contribution in [3.05, 3.63) is 53.4 Å². The number of carbonyl (C=O) groups is 1. The number of rotatable bonds is 4. The molecule has 0 aliphatic carbocycles. The molecule has 0 aliphatic rings. The second-order valence-corrected chi connectivity index (χ2v) is 4.07. The lowest BCUT2D eigenvalue weighted by atomic mass is 10.2. The molecule has 1 heterocycles. The zero-order valence-electron chi connectivity index (χ0n) is 9.15. The maximum Gasteiger partial charge on any atom is 0.224 e. The average molecular weight is 250 g/mol. The predicted octanol–water partition coefficient (Wildman–Crippen LogP) is 3.50. The molecule has 0 spiro atoms. The molecular formula is C13H12ClNO2. The zero-order chi connectivity index (χ0) is 12.1. The minimum Gasteiger partial charge on any atom is -0.469 e. The van der Waals surface area contributed by atoms with Crippen molar-refractivity contribution in [1.82, 2.24) is 0 Å². The highest BCUT2D eigenvalue weighted by molar-refractivity contribution is 6.30. The molecule has 0 aliphatic heterocycles. The van der Waals surface area contributed by atoms with Crippen LogP contribution in [-0.2, 0) is 11.2 Å². The summed E-state index contributed by atoms with van der Waals surface area (Å²) in [6.45, 7) is 0. The topological polar surface area (TPSA) is 42.2 Å². The molecule has 0 radical (unpaired) electrons. The number of anilines is 1. The Morgan fingerprint density at radius 1 is 1.29 bits per heavy atom. The van der Waals surface area contributed by atoms with Gasteiger partial charge in [-0.25, -0.2) is 0 Å². The Morgan fingerprint density at radius 2 is 2.18 bits per heavy atom. The average Bonchev–Trinajstić information content (AvgIpc) is 2.79. The third kappa shape index (κ3) is 3.64. The van der Waals surface area contributed by atoms with Crippen molar-refractivity contribution in [1.29, 1.82) is 0 Å². The molecule has 3 nitrogen and oxygen atoms in total. The van der Waals surface area contributed by atoms with Gasteiger partial charge in [0.25, 0.3) is 0 Å². The van der Waals surface area contributed by atoms with E-state index in [1.807, 2.05) is 12.1 Å². The first-order chi connectivity index (χ1) is 8.24. The van der Waals surface area contributed by atoms with Crippen LogP contribution in [0.4, 0.5) is 5.69 Å². The summed E-state index contributed by atoms with van der Waals surface area (Å²) >= 11 is 5.82. The van der Waals surface area contributed by atoms with Crippen LogP contribution in [0.5, 0.6) is 0 Å². The van der Waals surface area contributed by atoms with E-state index >= 15 is 0 Å². The summed E-state index contributed by atoms with van der Waals surface area (Å²) in [5.74, 6) is 0.759. The van der Waals surface area contributed by atoms with E-state index in [4.69, 9.17) is 16.0 Å². The summed E-state index contributed by atoms with van der Waals surface area (Å²) in [5, 5.41) is 3.39. The summed E-state index contributed by atoms with van der Waals surface area (Å²) in [6.07, 6.45) is 2.59. The monoisotopic (exact) mass is 249 g/mol. The molecule has 0 saturated heterocycles. The molecule has 2 aromatic rings. The van der Waals surface area contributed by atoms with E-state index in [0.717, 1.165) is 5.76 Å². The number of benzene rings is 1. The first kappa shape index (κ1) is 11.7. The van der Waals surface area contributed by atoms with Gasteiger partial charge in [-0.2, -0.15) is 0 Å². The number of halogens is 1. The van der Waals surface area contributed by atoms with Crippen LogP contribution in [0.15, 0.2) is 47.1 Å². The first-order valence-corrected chi connectivity index (χ1v) is 5.69. The lowest BCUT2D eigenvalue weighted by Crippen LogP contribution is -2.12. The number of amides is 1. The van der Waals surface area contributed by atoms with Crippen molar-refractivity contribution in [2.75, 3.05) is 5.32 Å². The molecule has 4 heteroatoms. The number of nitrogens with one attached hydrogen (secondary N) is 1. The maximum atomic E-state index is 11.6. The number of hydrogen-bond acceptors (Lipinski definition) is 2. The Hall–Kier alpha value is -1.74. The largest absolute Gasteiger partial charge is 0.469 e. The lowest BCUT2D eigenvalue weighted by Gasteiger charge is -2.04. The van der Waals surface area contributed by atoms with E-state index in [2.05, 4.69) is 5.32 Å². The Morgan fingerprint density at radius 3 is 2.88 bits per heavy atom. The Labute approximate surface area is 104 Å². The van der Waals surface area contributed by atoms with Crippen LogP contribution in [0.1, 0.15) is 12.2 Å². The second-order valence-electron chi connectivity index (χ2n) is 3.64. The maximum absolute atomic E-state index is 11.6. The predicted molar refractivity (Wildman–Crippen MR) is 67.1 cm³/mol. The number of aryl methyl sites for hydroxylation is 1. The Bertz CT molecular complexity index is 494. The number of furan rings is 1. The molecule has 1 N–H and O–H groups in total. The van der Waals surface area contributed by atoms with Crippen LogP contribution in [0.25, 0.3) is 0 Å². The number of hydrogen-bond donors (Lipinski definition) is 1. The van der Waals surface area contributed by atoms with E-state index < -0.39 is 0 Å². The van der Waals surface area contributed by atoms with Gasteiger partial charge in [-0.3, -0.25) is 4.79 Å². The lowest BCUT2D eigenvalue weighted by molar-refractivity contribution is -0.116. The molecule has 17 heavy (non-hydrogen) atoms. The highest BCUT2D eigenvalue weighted by atomic mass is 35.5. The quantitative estimate of drug-likeness (QED) is 0.901. The van der Waals surface area contributed by atoms with Crippen molar-refractivity contribution in [2.45, 2.75) is 12.8 Å². The van der Waals surface area contributed by atoms with Crippen LogP contribution in [0, 0.1) is 0 Å². The van der Waals surface area contributed by atoms with Crippen LogP contribution >= 0.6 is 11.6 Å². The fraction of sp³-hybridized carbons (Fsp3) is 0.154. The molecule has 0 bridgehead atoms. The van der Waals surface area contributed by atoms with E-state index in [0.29, 0.717) is 23.6 Å². The molecule has 0 fully saturated rings. The summed E-state index contributed by atoms with van der Waals surface area (Å²) < 4.78 is 5.15. The minimum atomic E-state index is -0.0522. The van der Waals surface area contributed by atoms with Crippen LogP contribution in [0.3, 0.4) is 0 Å². The molecule has 0 unspecified atom stereocenters. The zero-order valence-corrected chi connectivity index (χ0v) is 9.91. The summed E-state index contributed by atoms with van der Waals surface area (Å²) in [5.41, 5.74) is 0.710. The molecule has 1 amide bonds. The van der Waals surface area contributed by atoms with Crippen molar-refractivity contribution >= 4 is 23.2 Å². The molecule has 1 aromatic heterocycles. The van der Waals surface area contributed by atoms with Gasteiger partial charge < -0.3 is 9.73 Å². The summed E-state index contributed by atoms with van der Waals surface area (Å²) in [4.78, 5) is 11.6. The van der Waals surface area contributed by atoms with Crippen molar-refractivity contribution < 1.29 is 9.21 Å². The first-order valence-electron chi connectivity index (χ1n) is 5.32.